The zero-order valence-electron chi connectivity index (χ0n) is 16.2. The fraction of sp³-hybridized carbons (Fsp3) is 0.333. The summed E-state index contributed by atoms with van der Waals surface area (Å²) in [5, 5.41) is 12.0. The minimum Gasteiger partial charge on any atom is -0.348 e. The average molecular weight is 412 g/mol. The van der Waals surface area contributed by atoms with E-state index >= 15 is 0 Å². The van der Waals surface area contributed by atoms with Crippen molar-refractivity contribution in [2.75, 3.05) is 6.54 Å². The van der Waals surface area contributed by atoms with E-state index in [1.54, 1.807) is 23.0 Å². The predicted octanol–water partition coefficient (Wildman–Crippen LogP) is 4.50. The van der Waals surface area contributed by atoms with Crippen LogP contribution in [-0.2, 0) is 0 Å². The molecule has 2 heterocycles. The lowest BCUT2D eigenvalue weighted by atomic mass is 9.97. The summed E-state index contributed by atoms with van der Waals surface area (Å²) in [6.45, 7) is 2.42. The highest BCUT2D eigenvalue weighted by Gasteiger charge is 2.19. The van der Waals surface area contributed by atoms with Crippen molar-refractivity contribution in [3.63, 3.8) is 0 Å². The third kappa shape index (κ3) is 4.56. The predicted molar refractivity (Wildman–Crippen MR) is 110 cm³/mol. The molecule has 1 N–H and O–H groups in total. The number of aromatic nitrogens is 4. The van der Waals surface area contributed by atoms with Gasteiger partial charge in [0.15, 0.2) is 0 Å². The standard InChI is InChI=1S/C21H22ClN5O2/c1-14-18(13-27(25-14)17-9-7-16(22)8-10-17)19-24-21(29-26-19)20(28)23-12-11-15-5-3-2-4-6-15/h5,7-10,13H,2-4,6,11-12H2,1H3,(H,23,28). The van der Waals surface area contributed by atoms with Crippen LogP contribution in [0, 0.1) is 6.92 Å². The molecule has 3 aromatic rings. The fourth-order valence-electron chi connectivity index (χ4n) is 3.37. The number of hydrogen-bond donors (Lipinski definition) is 1. The highest BCUT2D eigenvalue weighted by molar-refractivity contribution is 6.30. The van der Waals surface area contributed by atoms with Crippen molar-refractivity contribution in [3.8, 4) is 17.1 Å². The summed E-state index contributed by atoms with van der Waals surface area (Å²) in [4.78, 5) is 16.6. The summed E-state index contributed by atoms with van der Waals surface area (Å²) >= 11 is 5.94. The lowest BCUT2D eigenvalue weighted by molar-refractivity contribution is 0.0910. The molecule has 0 unspecified atom stereocenters. The lowest BCUT2D eigenvalue weighted by Crippen LogP contribution is -2.25. The molecule has 0 radical (unpaired) electrons. The Morgan fingerprint density at radius 2 is 2.10 bits per heavy atom. The minimum absolute atomic E-state index is 0.0451. The molecule has 1 amide bonds. The van der Waals surface area contributed by atoms with E-state index in [-0.39, 0.29) is 11.8 Å². The van der Waals surface area contributed by atoms with E-state index in [0.29, 0.717) is 23.0 Å². The van der Waals surface area contributed by atoms with Gasteiger partial charge < -0.3 is 9.84 Å². The first-order chi connectivity index (χ1) is 14.1. The molecule has 0 saturated heterocycles. The van der Waals surface area contributed by atoms with E-state index in [0.717, 1.165) is 30.6 Å². The van der Waals surface area contributed by atoms with E-state index in [1.165, 1.54) is 18.4 Å². The lowest BCUT2D eigenvalue weighted by Gasteiger charge is -2.12. The topological polar surface area (TPSA) is 85.8 Å². The molecule has 0 bridgehead atoms. The molecule has 29 heavy (non-hydrogen) atoms. The second-order valence-corrected chi connectivity index (χ2v) is 7.52. The highest BCUT2D eigenvalue weighted by atomic mass is 35.5. The van der Waals surface area contributed by atoms with Crippen LogP contribution >= 0.6 is 11.6 Å². The molecule has 2 aromatic heterocycles. The Balaban J connectivity index is 1.42. The molecular weight excluding hydrogens is 390 g/mol. The van der Waals surface area contributed by atoms with Gasteiger partial charge in [0.05, 0.1) is 16.9 Å². The van der Waals surface area contributed by atoms with Crippen LogP contribution in [-0.4, -0.2) is 32.4 Å². The van der Waals surface area contributed by atoms with Gasteiger partial charge in [-0.3, -0.25) is 4.79 Å². The molecule has 1 aromatic carbocycles. The quantitative estimate of drug-likeness (QED) is 0.603. The summed E-state index contributed by atoms with van der Waals surface area (Å²) in [5.41, 5.74) is 3.71. The Kier molecular flexibility index (Phi) is 5.76. The highest BCUT2D eigenvalue weighted by Crippen LogP contribution is 2.22. The second-order valence-electron chi connectivity index (χ2n) is 7.09. The van der Waals surface area contributed by atoms with Crippen LogP contribution in [0.5, 0.6) is 0 Å². The van der Waals surface area contributed by atoms with Crippen LogP contribution in [0.4, 0.5) is 0 Å². The molecule has 0 aliphatic heterocycles. The summed E-state index contributed by atoms with van der Waals surface area (Å²) in [6.07, 6.45) is 9.70. The third-order valence-electron chi connectivity index (χ3n) is 4.97. The molecule has 1 aliphatic carbocycles. The number of hydrogen-bond acceptors (Lipinski definition) is 5. The summed E-state index contributed by atoms with van der Waals surface area (Å²) in [7, 11) is 0. The number of carbonyl (C=O) groups excluding carboxylic acids is 1. The van der Waals surface area contributed by atoms with E-state index in [1.807, 2.05) is 19.1 Å². The van der Waals surface area contributed by atoms with Crippen LogP contribution in [0.1, 0.15) is 48.5 Å². The number of benzene rings is 1. The Morgan fingerprint density at radius 1 is 1.28 bits per heavy atom. The van der Waals surface area contributed by atoms with Gasteiger partial charge in [-0.15, -0.1) is 0 Å². The fourth-order valence-corrected chi connectivity index (χ4v) is 3.50. The number of amides is 1. The van der Waals surface area contributed by atoms with Gasteiger partial charge in [-0.05, 0) is 63.3 Å². The van der Waals surface area contributed by atoms with Gasteiger partial charge in [-0.25, -0.2) is 4.68 Å². The van der Waals surface area contributed by atoms with Gasteiger partial charge in [0, 0.05) is 17.8 Å². The van der Waals surface area contributed by atoms with Crippen molar-refractivity contribution in [2.24, 2.45) is 0 Å². The van der Waals surface area contributed by atoms with Gasteiger partial charge in [-0.1, -0.05) is 28.4 Å². The van der Waals surface area contributed by atoms with Gasteiger partial charge in [0.2, 0.25) is 5.82 Å². The van der Waals surface area contributed by atoms with Crippen LogP contribution in [0.2, 0.25) is 5.02 Å². The average Bonchev–Trinajstić information content (AvgIpc) is 3.36. The maximum atomic E-state index is 12.3. The Labute approximate surface area is 173 Å². The largest absolute Gasteiger partial charge is 0.348 e. The first kappa shape index (κ1) is 19.4. The van der Waals surface area contributed by atoms with E-state index < -0.39 is 0 Å². The second kappa shape index (κ2) is 8.61. The molecule has 8 heteroatoms. The number of carbonyl (C=O) groups is 1. The van der Waals surface area contributed by atoms with Crippen molar-refractivity contribution >= 4 is 17.5 Å². The van der Waals surface area contributed by atoms with Crippen LogP contribution < -0.4 is 5.32 Å². The number of nitrogens with one attached hydrogen (secondary N) is 1. The third-order valence-corrected chi connectivity index (χ3v) is 5.22. The normalized spacial score (nSPS) is 13.9. The van der Waals surface area contributed by atoms with E-state index in [4.69, 9.17) is 16.1 Å². The Morgan fingerprint density at radius 3 is 2.86 bits per heavy atom. The van der Waals surface area contributed by atoms with Gasteiger partial charge in [0.1, 0.15) is 0 Å². The van der Waals surface area contributed by atoms with Crippen molar-refractivity contribution in [3.05, 3.63) is 58.7 Å². The van der Waals surface area contributed by atoms with Gasteiger partial charge in [0.25, 0.3) is 0 Å². The molecular formula is C21H22ClN5O2. The molecule has 0 atom stereocenters. The number of nitrogens with zero attached hydrogens (tertiary/aromatic N) is 4. The molecule has 0 spiro atoms. The van der Waals surface area contributed by atoms with Crippen molar-refractivity contribution in [1.82, 2.24) is 25.2 Å². The molecule has 150 valence electrons. The molecule has 0 saturated carbocycles. The Bertz CT molecular complexity index is 1040. The first-order valence-corrected chi connectivity index (χ1v) is 10.1. The zero-order chi connectivity index (χ0) is 20.2. The maximum Gasteiger partial charge on any atom is 0.316 e. The van der Waals surface area contributed by atoms with E-state index in [9.17, 15) is 4.79 Å². The SMILES string of the molecule is Cc1nn(-c2ccc(Cl)cc2)cc1-c1noc(C(=O)NCCC2=CCCCC2)n1. The first-order valence-electron chi connectivity index (χ1n) is 9.72. The number of aryl methyl sites for hydroxylation is 1. The summed E-state index contributed by atoms with van der Waals surface area (Å²) in [5.74, 6) is -0.0676. The smallest absolute Gasteiger partial charge is 0.316 e. The zero-order valence-corrected chi connectivity index (χ0v) is 16.9. The van der Waals surface area contributed by atoms with Gasteiger partial charge >= 0.3 is 11.8 Å². The summed E-state index contributed by atoms with van der Waals surface area (Å²) < 4.78 is 6.88. The van der Waals surface area contributed by atoms with Crippen LogP contribution in [0.3, 0.4) is 0 Å². The number of rotatable bonds is 6. The summed E-state index contributed by atoms with van der Waals surface area (Å²) in [6, 6.07) is 7.34. The number of halogens is 1. The molecule has 7 nitrogen and oxygen atoms in total. The monoisotopic (exact) mass is 411 g/mol. The van der Waals surface area contributed by atoms with Crippen molar-refractivity contribution in [1.29, 1.82) is 0 Å². The Hall–Kier alpha value is -2.93. The molecule has 0 fully saturated rings. The maximum absolute atomic E-state index is 12.3. The minimum atomic E-state index is -0.358. The van der Waals surface area contributed by atoms with Crippen LogP contribution in [0.25, 0.3) is 17.1 Å². The molecule has 4 rings (SSSR count). The van der Waals surface area contributed by atoms with Crippen molar-refractivity contribution < 1.29 is 9.32 Å². The number of allylic oxidation sites excluding steroid dienone is 1. The van der Waals surface area contributed by atoms with E-state index in [2.05, 4.69) is 26.6 Å². The van der Waals surface area contributed by atoms with Gasteiger partial charge in [-0.2, -0.15) is 10.1 Å². The molecule has 1 aliphatic rings. The van der Waals surface area contributed by atoms with Crippen LogP contribution in [0.15, 0.2) is 46.6 Å². The van der Waals surface area contributed by atoms with Crippen molar-refractivity contribution in [2.45, 2.75) is 39.0 Å².